The predicted octanol–water partition coefficient (Wildman–Crippen LogP) is 4.73. The molecular weight excluding hydrogens is 338 g/mol. The molecule has 0 fully saturated rings. The van der Waals surface area contributed by atoms with Gasteiger partial charge in [0.15, 0.2) is 0 Å². The number of benzene rings is 1. The molecule has 0 saturated heterocycles. The second-order valence-electron chi connectivity index (χ2n) is 5.08. The van der Waals surface area contributed by atoms with Gasteiger partial charge >= 0.3 is 0 Å². The first-order chi connectivity index (χ1) is 11.7. The quantitative estimate of drug-likeness (QED) is 0.546. The zero-order chi connectivity index (χ0) is 16.9. The SMILES string of the molecule is Cc1cccc(NC(=O)/C(C#N)=C\c2csc(-c3ccsc3)n2)c1. The maximum atomic E-state index is 12.3. The van der Waals surface area contributed by atoms with Crippen LogP contribution >= 0.6 is 22.7 Å². The van der Waals surface area contributed by atoms with Crippen LogP contribution in [0.3, 0.4) is 0 Å². The van der Waals surface area contributed by atoms with Gasteiger partial charge in [-0.25, -0.2) is 4.98 Å². The molecule has 4 nitrogen and oxygen atoms in total. The van der Waals surface area contributed by atoms with Crippen LogP contribution in [0.2, 0.25) is 0 Å². The molecule has 0 bridgehead atoms. The molecule has 0 radical (unpaired) electrons. The number of nitrogens with zero attached hydrogens (tertiary/aromatic N) is 2. The number of anilines is 1. The molecule has 0 aliphatic rings. The van der Waals surface area contributed by atoms with E-state index in [1.54, 1.807) is 17.4 Å². The number of hydrogen-bond donors (Lipinski definition) is 1. The van der Waals surface area contributed by atoms with Crippen LogP contribution in [-0.2, 0) is 4.79 Å². The molecule has 3 rings (SSSR count). The predicted molar refractivity (Wildman–Crippen MR) is 98.8 cm³/mol. The highest BCUT2D eigenvalue weighted by atomic mass is 32.1. The average Bonchev–Trinajstić information content (AvgIpc) is 3.23. The maximum absolute atomic E-state index is 12.3. The normalized spacial score (nSPS) is 11.1. The second kappa shape index (κ2) is 7.21. The van der Waals surface area contributed by atoms with Crippen LogP contribution in [0.5, 0.6) is 0 Å². The maximum Gasteiger partial charge on any atom is 0.266 e. The average molecular weight is 351 g/mol. The lowest BCUT2D eigenvalue weighted by molar-refractivity contribution is -0.112. The highest BCUT2D eigenvalue weighted by Crippen LogP contribution is 2.26. The highest BCUT2D eigenvalue weighted by Gasteiger charge is 2.11. The van der Waals surface area contributed by atoms with Gasteiger partial charge in [0.1, 0.15) is 16.6 Å². The number of rotatable bonds is 4. The van der Waals surface area contributed by atoms with E-state index in [0.717, 1.165) is 16.1 Å². The molecule has 1 amide bonds. The number of thiazole rings is 1. The summed E-state index contributed by atoms with van der Waals surface area (Å²) in [6.07, 6.45) is 1.51. The number of aryl methyl sites for hydroxylation is 1. The summed E-state index contributed by atoms with van der Waals surface area (Å²) in [5.41, 5.74) is 3.39. The van der Waals surface area contributed by atoms with Crippen LogP contribution < -0.4 is 5.32 Å². The molecule has 3 aromatic rings. The number of hydrogen-bond acceptors (Lipinski definition) is 5. The van der Waals surface area contributed by atoms with E-state index in [-0.39, 0.29) is 5.57 Å². The Bertz CT molecular complexity index is 933. The fourth-order valence-electron chi connectivity index (χ4n) is 2.09. The number of aromatic nitrogens is 1. The van der Waals surface area contributed by atoms with Crippen molar-refractivity contribution in [3.63, 3.8) is 0 Å². The third kappa shape index (κ3) is 3.77. The van der Waals surface area contributed by atoms with E-state index in [0.29, 0.717) is 11.4 Å². The number of thiophene rings is 1. The topological polar surface area (TPSA) is 65.8 Å². The lowest BCUT2D eigenvalue weighted by Gasteiger charge is -2.04. The zero-order valence-electron chi connectivity index (χ0n) is 12.8. The Balaban J connectivity index is 1.79. The van der Waals surface area contributed by atoms with Crippen molar-refractivity contribution >= 4 is 40.3 Å². The van der Waals surface area contributed by atoms with Crippen molar-refractivity contribution in [2.75, 3.05) is 5.32 Å². The molecule has 6 heteroatoms. The van der Waals surface area contributed by atoms with Gasteiger partial charge in [-0.1, -0.05) is 12.1 Å². The van der Waals surface area contributed by atoms with Gasteiger partial charge < -0.3 is 5.32 Å². The summed E-state index contributed by atoms with van der Waals surface area (Å²) in [4.78, 5) is 16.7. The van der Waals surface area contributed by atoms with Crippen molar-refractivity contribution in [1.29, 1.82) is 5.26 Å². The minimum absolute atomic E-state index is 0.0266. The van der Waals surface area contributed by atoms with Crippen molar-refractivity contribution in [1.82, 2.24) is 4.98 Å². The number of nitrogens with one attached hydrogen (secondary N) is 1. The standard InChI is InChI=1S/C18H13N3OS2/c1-12-3-2-4-15(7-12)20-17(22)14(9-19)8-16-11-24-18(21-16)13-5-6-23-10-13/h2-8,10-11H,1H3,(H,20,22)/b14-8-. The lowest BCUT2D eigenvalue weighted by Crippen LogP contribution is -2.13. The third-order valence-corrected chi connectivity index (χ3v) is 4.82. The monoisotopic (exact) mass is 351 g/mol. The molecule has 0 saturated carbocycles. The van der Waals surface area contributed by atoms with Gasteiger partial charge in [-0.3, -0.25) is 4.79 Å². The Hall–Kier alpha value is -2.75. The van der Waals surface area contributed by atoms with E-state index in [9.17, 15) is 10.1 Å². The molecule has 0 spiro atoms. The molecule has 2 aromatic heterocycles. The fourth-order valence-corrected chi connectivity index (χ4v) is 3.58. The first kappa shape index (κ1) is 16.1. The van der Waals surface area contributed by atoms with Gasteiger partial charge in [-0.05, 0) is 42.1 Å². The summed E-state index contributed by atoms with van der Waals surface area (Å²) >= 11 is 3.09. The highest BCUT2D eigenvalue weighted by molar-refractivity contribution is 7.14. The molecule has 1 N–H and O–H groups in total. The lowest BCUT2D eigenvalue weighted by atomic mass is 10.2. The largest absolute Gasteiger partial charge is 0.321 e. The number of nitriles is 1. The van der Waals surface area contributed by atoms with E-state index >= 15 is 0 Å². The first-order valence-electron chi connectivity index (χ1n) is 7.13. The molecule has 0 aliphatic heterocycles. The van der Waals surface area contributed by atoms with Gasteiger partial charge in [-0.2, -0.15) is 16.6 Å². The summed E-state index contributed by atoms with van der Waals surface area (Å²) in [5, 5.41) is 18.7. The van der Waals surface area contributed by atoms with Crippen LogP contribution in [0.15, 0.2) is 52.0 Å². The number of carbonyl (C=O) groups is 1. The van der Waals surface area contributed by atoms with Crippen LogP contribution in [-0.4, -0.2) is 10.9 Å². The van der Waals surface area contributed by atoms with E-state index in [1.165, 1.54) is 17.4 Å². The third-order valence-electron chi connectivity index (χ3n) is 3.22. The molecular formula is C18H13N3OS2. The van der Waals surface area contributed by atoms with E-state index in [1.807, 2.05) is 53.4 Å². The van der Waals surface area contributed by atoms with E-state index in [4.69, 9.17) is 0 Å². The molecule has 24 heavy (non-hydrogen) atoms. The minimum atomic E-state index is -0.437. The summed E-state index contributed by atoms with van der Waals surface area (Å²) in [6.45, 7) is 1.94. The van der Waals surface area contributed by atoms with Crippen molar-refractivity contribution in [2.24, 2.45) is 0 Å². The van der Waals surface area contributed by atoms with Gasteiger partial charge in [0.2, 0.25) is 0 Å². The molecule has 0 aliphatic carbocycles. The summed E-state index contributed by atoms with van der Waals surface area (Å²) in [6, 6.07) is 11.4. The number of carbonyl (C=O) groups excluding carboxylic acids is 1. The molecule has 1 aromatic carbocycles. The summed E-state index contributed by atoms with van der Waals surface area (Å²) in [7, 11) is 0. The Morgan fingerprint density at radius 1 is 1.33 bits per heavy atom. The van der Waals surface area contributed by atoms with Crippen molar-refractivity contribution in [2.45, 2.75) is 6.92 Å². The Morgan fingerprint density at radius 3 is 2.92 bits per heavy atom. The van der Waals surface area contributed by atoms with E-state index < -0.39 is 5.91 Å². The molecule has 118 valence electrons. The number of amides is 1. The molecule has 0 atom stereocenters. The van der Waals surface area contributed by atoms with Crippen LogP contribution in [0.1, 0.15) is 11.3 Å². The van der Waals surface area contributed by atoms with Crippen LogP contribution in [0.4, 0.5) is 5.69 Å². The van der Waals surface area contributed by atoms with Gasteiger partial charge in [0.05, 0.1) is 5.69 Å². The van der Waals surface area contributed by atoms with Gasteiger partial charge in [0.25, 0.3) is 5.91 Å². The molecule has 2 heterocycles. The van der Waals surface area contributed by atoms with Crippen molar-refractivity contribution in [3.05, 3.63) is 63.3 Å². The Labute approximate surface area is 147 Å². The first-order valence-corrected chi connectivity index (χ1v) is 8.96. The summed E-state index contributed by atoms with van der Waals surface area (Å²) in [5.74, 6) is -0.437. The van der Waals surface area contributed by atoms with Crippen molar-refractivity contribution < 1.29 is 4.79 Å². The van der Waals surface area contributed by atoms with Crippen LogP contribution in [0, 0.1) is 18.3 Å². The Kier molecular flexibility index (Phi) is 4.85. The zero-order valence-corrected chi connectivity index (χ0v) is 14.4. The Morgan fingerprint density at radius 2 is 2.21 bits per heavy atom. The van der Waals surface area contributed by atoms with Gasteiger partial charge in [-0.15, -0.1) is 11.3 Å². The van der Waals surface area contributed by atoms with Crippen LogP contribution in [0.25, 0.3) is 16.6 Å². The van der Waals surface area contributed by atoms with Gasteiger partial charge in [0, 0.05) is 22.0 Å². The second-order valence-corrected chi connectivity index (χ2v) is 6.72. The fraction of sp³-hybridized carbons (Fsp3) is 0.0556. The summed E-state index contributed by atoms with van der Waals surface area (Å²) < 4.78 is 0. The molecule has 0 unspecified atom stereocenters. The minimum Gasteiger partial charge on any atom is -0.321 e. The smallest absolute Gasteiger partial charge is 0.266 e. The van der Waals surface area contributed by atoms with Crippen molar-refractivity contribution in [3.8, 4) is 16.6 Å². The van der Waals surface area contributed by atoms with E-state index in [2.05, 4.69) is 10.3 Å².